The standard InChI is InChI=1S/C27H21F2NO5/c1-33-21-9-7-15(13-22(21)34-2)11-12-30-24(17-5-3-4-6-19(17)29)23-25(31)18-14-16(28)8-10-20(18)35-26(23)27(30)32/h3-10,13-14,24H,11-12H2,1-2H3/t24-/m1/s1. The number of methoxy groups -OCH3 is 2. The van der Waals surface area contributed by atoms with Crippen molar-refractivity contribution in [2.24, 2.45) is 0 Å². The van der Waals surface area contributed by atoms with Crippen LogP contribution in [0.3, 0.4) is 0 Å². The third kappa shape index (κ3) is 3.80. The molecule has 6 nitrogen and oxygen atoms in total. The molecule has 1 aliphatic heterocycles. The van der Waals surface area contributed by atoms with E-state index in [2.05, 4.69) is 0 Å². The van der Waals surface area contributed by atoms with Gasteiger partial charge in [0, 0.05) is 12.1 Å². The van der Waals surface area contributed by atoms with Crippen molar-refractivity contribution in [3.05, 3.63) is 105 Å². The first kappa shape index (κ1) is 22.6. The SMILES string of the molecule is COc1ccc(CCN2C(=O)c3oc4ccc(F)cc4c(=O)c3[C@H]2c2ccccc2F)cc1OC. The van der Waals surface area contributed by atoms with Gasteiger partial charge < -0.3 is 18.8 Å². The summed E-state index contributed by atoms with van der Waals surface area (Å²) in [5.41, 5.74) is 0.555. The number of hydrogen-bond acceptors (Lipinski definition) is 5. The van der Waals surface area contributed by atoms with Crippen LogP contribution in [0.5, 0.6) is 11.5 Å². The number of carbonyl (C=O) groups excluding carboxylic acids is 1. The fraction of sp³-hybridized carbons (Fsp3) is 0.185. The van der Waals surface area contributed by atoms with Crippen molar-refractivity contribution < 1.29 is 27.5 Å². The van der Waals surface area contributed by atoms with E-state index in [9.17, 15) is 18.4 Å². The van der Waals surface area contributed by atoms with E-state index in [0.717, 1.165) is 17.7 Å². The van der Waals surface area contributed by atoms with Crippen LogP contribution in [0.1, 0.15) is 33.3 Å². The lowest BCUT2D eigenvalue weighted by Gasteiger charge is -2.25. The number of ether oxygens (including phenoxy) is 2. The highest BCUT2D eigenvalue weighted by molar-refractivity contribution is 5.99. The molecule has 178 valence electrons. The van der Waals surface area contributed by atoms with Gasteiger partial charge in [-0.3, -0.25) is 9.59 Å². The molecule has 1 aromatic heterocycles. The molecule has 0 aliphatic carbocycles. The molecular weight excluding hydrogens is 456 g/mol. The van der Waals surface area contributed by atoms with Crippen molar-refractivity contribution in [1.82, 2.24) is 4.90 Å². The van der Waals surface area contributed by atoms with Crippen molar-refractivity contribution in [3.8, 4) is 11.5 Å². The molecule has 0 fully saturated rings. The van der Waals surface area contributed by atoms with E-state index < -0.39 is 29.0 Å². The van der Waals surface area contributed by atoms with Gasteiger partial charge in [-0.05, 0) is 48.4 Å². The Hall–Kier alpha value is -4.20. The lowest BCUT2D eigenvalue weighted by molar-refractivity contribution is 0.0728. The van der Waals surface area contributed by atoms with Gasteiger partial charge >= 0.3 is 0 Å². The van der Waals surface area contributed by atoms with Crippen LogP contribution in [0, 0.1) is 11.6 Å². The monoisotopic (exact) mass is 477 g/mol. The lowest BCUT2D eigenvalue weighted by atomic mass is 9.97. The summed E-state index contributed by atoms with van der Waals surface area (Å²) in [6.07, 6.45) is 0.396. The maximum absolute atomic E-state index is 14.9. The second kappa shape index (κ2) is 8.87. The van der Waals surface area contributed by atoms with E-state index in [1.165, 1.54) is 43.4 Å². The van der Waals surface area contributed by atoms with Crippen LogP contribution in [-0.4, -0.2) is 31.6 Å². The van der Waals surface area contributed by atoms with Gasteiger partial charge in [-0.25, -0.2) is 8.78 Å². The van der Waals surface area contributed by atoms with Gasteiger partial charge in [-0.2, -0.15) is 0 Å². The molecule has 1 amide bonds. The molecule has 0 unspecified atom stereocenters. The minimum atomic E-state index is -1.01. The molecule has 0 saturated carbocycles. The third-order valence-electron chi connectivity index (χ3n) is 6.22. The number of benzene rings is 3. The molecular formula is C27H21F2NO5. The Morgan fingerprint density at radius 2 is 1.71 bits per heavy atom. The number of fused-ring (bicyclic) bond motifs is 2. The highest BCUT2D eigenvalue weighted by Gasteiger charge is 2.43. The van der Waals surface area contributed by atoms with E-state index in [1.807, 2.05) is 6.07 Å². The minimum absolute atomic E-state index is 0.000343. The fourth-order valence-electron chi connectivity index (χ4n) is 4.53. The van der Waals surface area contributed by atoms with Crippen molar-refractivity contribution in [2.45, 2.75) is 12.5 Å². The normalized spacial score (nSPS) is 14.9. The Morgan fingerprint density at radius 3 is 2.46 bits per heavy atom. The molecule has 0 saturated heterocycles. The summed E-state index contributed by atoms with van der Waals surface area (Å²) in [4.78, 5) is 28.3. The highest BCUT2D eigenvalue weighted by atomic mass is 19.1. The summed E-state index contributed by atoms with van der Waals surface area (Å²) in [6, 6.07) is 13.9. The zero-order valence-electron chi connectivity index (χ0n) is 19.0. The summed E-state index contributed by atoms with van der Waals surface area (Å²) in [6.45, 7) is 0.168. The van der Waals surface area contributed by atoms with Gasteiger partial charge in [0.25, 0.3) is 5.91 Å². The Balaban J connectivity index is 1.60. The Morgan fingerprint density at radius 1 is 0.943 bits per heavy atom. The number of hydrogen-bond donors (Lipinski definition) is 0. The van der Waals surface area contributed by atoms with Gasteiger partial charge in [-0.15, -0.1) is 0 Å². The van der Waals surface area contributed by atoms with E-state index in [1.54, 1.807) is 18.2 Å². The fourth-order valence-corrected chi connectivity index (χ4v) is 4.53. The van der Waals surface area contributed by atoms with Crippen molar-refractivity contribution in [3.63, 3.8) is 0 Å². The van der Waals surface area contributed by atoms with E-state index in [-0.39, 0.29) is 34.4 Å². The van der Waals surface area contributed by atoms with Gasteiger partial charge in [-0.1, -0.05) is 24.3 Å². The first-order valence-corrected chi connectivity index (χ1v) is 11.0. The molecule has 35 heavy (non-hydrogen) atoms. The summed E-state index contributed by atoms with van der Waals surface area (Å²) < 4.78 is 45.2. The third-order valence-corrected chi connectivity index (χ3v) is 6.22. The molecule has 3 aromatic carbocycles. The predicted octanol–water partition coefficient (Wildman–Crippen LogP) is 4.88. The summed E-state index contributed by atoms with van der Waals surface area (Å²) in [5.74, 6) is -0.753. The summed E-state index contributed by atoms with van der Waals surface area (Å²) in [5, 5.41) is -0.000343. The van der Waals surface area contributed by atoms with E-state index in [4.69, 9.17) is 13.9 Å². The largest absolute Gasteiger partial charge is 0.493 e. The number of nitrogens with zero attached hydrogens (tertiary/aromatic N) is 1. The summed E-state index contributed by atoms with van der Waals surface area (Å²) >= 11 is 0. The maximum atomic E-state index is 14.9. The number of halogens is 2. The van der Waals surface area contributed by atoms with Crippen LogP contribution < -0.4 is 14.9 Å². The number of rotatable bonds is 6. The van der Waals surface area contributed by atoms with Crippen LogP contribution >= 0.6 is 0 Å². The van der Waals surface area contributed by atoms with Gasteiger partial charge in [0.05, 0.1) is 31.2 Å². The Bertz CT molecular complexity index is 1510. The second-order valence-electron chi connectivity index (χ2n) is 8.18. The molecule has 0 bridgehead atoms. The molecule has 1 atom stereocenters. The Kier molecular flexibility index (Phi) is 5.72. The predicted molar refractivity (Wildman–Crippen MR) is 125 cm³/mol. The molecule has 5 rings (SSSR count). The average Bonchev–Trinajstić information content (AvgIpc) is 3.14. The highest BCUT2D eigenvalue weighted by Crippen LogP contribution is 2.39. The van der Waals surface area contributed by atoms with Gasteiger partial charge in [0.15, 0.2) is 16.9 Å². The topological polar surface area (TPSA) is 69.0 Å². The number of amides is 1. The van der Waals surface area contributed by atoms with Gasteiger partial charge in [0.2, 0.25) is 5.76 Å². The smallest absolute Gasteiger partial charge is 0.290 e. The van der Waals surface area contributed by atoms with Crippen LogP contribution in [0.4, 0.5) is 8.78 Å². The Labute approximate surface area is 199 Å². The molecule has 1 aliphatic rings. The van der Waals surface area contributed by atoms with E-state index in [0.29, 0.717) is 17.9 Å². The molecule has 0 N–H and O–H groups in total. The van der Waals surface area contributed by atoms with Gasteiger partial charge in [0.1, 0.15) is 17.2 Å². The van der Waals surface area contributed by atoms with Crippen LogP contribution in [0.15, 0.2) is 69.9 Å². The van der Waals surface area contributed by atoms with Crippen molar-refractivity contribution in [1.29, 1.82) is 0 Å². The molecule has 0 radical (unpaired) electrons. The van der Waals surface area contributed by atoms with Crippen molar-refractivity contribution >= 4 is 16.9 Å². The van der Waals surface area contributed by atoms with Crippen LogP contribution in [0.2, 0.25) is 0 Å². The molecule has 0 spiro atoms. The molecule has 2 heterocycles. The first-order chi connectivity index (χ1) is 16.9. The van der Waals surface area contributed by atoms with E-state index >= 15 is 0 Å². The first-order valence-electron chi connectivity index (χ1n) is 11.0. The minimum Gasteiger partial charge on any atom is -0.493 e. The molecule has 8 heteroatoms. The van der Waals surface area contributed by atoms with Crippen molar-refractivity contribution in [2.75, 3.05) is 20.8 Å². The maximum Gasteiger partial charge on any atom is 0.290 e. The zero-order valence-corrected chi connectivity index (χ0v) is 19.0. The zero-order chi connectivity index (χ0) is 24.7. The second-order valence-corrected chi connectivity index (χ2v) is 8.18. The quantitative estimate of drug-likeness (QED) is 0.396. The van der Waals surface area contributed by atoms with Crippen LogP contribution in [-0.2, 0) is 6.42 Å². The average molecular weight is 477 g/mol. The van der Waals surface area contributed by atoms with Crippen LogP contribution in [0.25, 0.3) is 11.0 Å². The number of carbonyl (C=O) groups is 1. The summed E-state index contributed by atoms with van der Waals surface area (Å²) in [7, 11) is 3.07. The molecule has 4 aromatic rings. The lowest BCUT2D eigenvalue weighted by Crippen LogP contribution is -2.32.